The fourth-order valence-corrected chi connectivity index (χ4v) is 2.88. The third-order valence-corrected chi connectivity index (χ3v) is 4.15. The Balaban J connectivity index is 2.23. The molecule has 0 aromatic carbocycles. The number of rotatable bonds is 5. The zero-order chi connectivity index (χ0) is 13.8. The highest BCUT2D eigenvalue weighted by molar-refractivity contribution is 5.46. The van der Waals surface area contributed by atoms with Crippen LogP contribution in [0.2, 0.25) is 0 Å². The molecular weight excluding hydrogens is 234 g/mol. The largest absolute Gasteiger partial charge is 0.367 e. The zero-order valence-electron chi connectivity index (χ0n) is 12.7. The Kier molecular flexibility index (Phi) is 4.81. The molecule has 0 saturated carbocycles. The molecule has 0 bridgehead atoms. The van der Waals surface area contributed by atoms with E-state index in [1.54, 1.807) is 0 Å². The standard InChI is InChI=1S/C16H27N3/c1-5-13(4)18-16-14(8-6-10-17-16)15-9-7-11-19(15)12(2)3/h6,8,10,12-13,15H,5,7,9,11H2,1-4H3,(H,17,18)/t13-,15+/m1/s1. The summed E-state index contributed by atoms with van der Waals surface area (Å²) in [5, 5.41) is 3.56. The number of anilines is 1. The number of pyridine rings is 1. The summed E-state index contributed by atoms with van der Waals surface area (Å²) in [4.78, 5) is 7.16. The molecule has 1 N–H and O–H groups in total. The lowest BCUT2D eigenvalue weighted by atomic mass is 10.0. The van der Waals surface area contributed by atoms with Crippen LogP contribution in [-0.4, -0.2) is 28.5 Å². The predicted octanol–water partition coefficient (Wildman–Crippen LogP) is 3.84. The Bertz CT molecular complexity index is 403. The quantitative estimate of drug-likeness (QED) is 0.873. The second-order valence-corrected chi connectivity index (χ2v) is 5.88. The lowest BCUT2D eigenvalue weighted by Gasteiger charge is -2.30. The molecule has 1 aliphatic rings. The van der Waals surface area contributed by atoms with Gasteiger partial charge in [-0.15, -0.1) is 0 Å². The van der Waals surface area contributed by atoms with Gasteiger partial charge in [0.15, 0.2) is 0 Å². The van der Waals surface area contributed by atoms with E-state index in [1.807, 2.05) is 6.20 Å². The van der Waals surface area contributed by atoms with E-state index in [2.05, 4.69) is 55.0 Å². The van der Waals surface area contributed by atoms with E-state index in [-0.39, 0.29) is 0 Å². The summed E-state index contributed by atoms with van der Waals surface area (Å²) in [6, 6.07) is 5.91. The van der Waals surface area contributed by atoms with Gasteiger partial charge in [0.05, 0.1) is 0 Å². The Morgan fingerprint density at radius 2 is 2.21 bits per heavy atom. The van der Waals surface area contributed by atoms with Crippen molar-refractivity contribution in [3.8, 4) is 0 Å². The fourth-order valence-electron chi connectivity index (χ4n) is 2.88. The average molecular weight is 261 g/mol. The fraction of sp³-hybridized carbons (Fsp3) is 0.688. The molecule has 1 fully saturated rings. The van der Waals surface area contributed by atoms with Crippen LogP contribution in [0, 0.1) is 0 Å². The van der Waals surface area contributed by atoms with Crippen molar-refractivity contribution in [1.82, 2.24) is 9.88 Å². The van der Waals surface area contributed by atoms with Gasteiger partial charge in [-0.3, -0.25) is 4.90 Å². The molecule has 3 heteroatoms. The minimum absolute atomic E-state index is 0.475. The molecule has 2 rings (SSSR count). The molecule has 1 saturated heterocycles. The first kappa shape index (κ1) is 14.3. The first-order valence-electron chi connectivity index (χ1n) is 7.60. The van der Waals surface area contributed by atoms with Gasteiger partial charge in [0.2, 0.25) is 0 Å². The molecule has 19 heavy (non-hydrogen) atoms. The number of hydrogen-bond donors (Lipinski definition) is 1. The van der Waals surface area contributed by atoms with Gasteiger partial charge >= 0.3 is 0 Å². The van der Waals surface area contributed by atoms with Crippen LogP contribution >= 0.6 is 0 Å². The number of nitrogens with zero attached hydrogens (tertiary/aromatic N) is 2. The summed E-state index contributed by atoms with van der Waals surface area (Å²) in [5.74, 6) is 1.08. The van der Waals surface area contributed by atoms with Gasteiger partial charge in [-0.2, -0.15) is 0 Å². The Hall–Kier alpha value is -1.09. The summed E-state index contributed by atoms with van der Waals surface area (Å²) < 4.78 is 0. The van der Waals surface area contributed by atoms with Crippen molar-refractivity contribution in [2.75, 3.05) is 11.9 Å². The summed E-state index contributed by atoms with van der Waals surface area (Å²) in [6.07, 6.45) is 5.55. The number of aromatic nitrogens is 1. The molecule has 1 aliphatic heterocycles. The maximum absolute atomic E-state index is 4.57. The number of nitrogens with one attached hydrogen (secondary N) is 1. The summed E-state index contributed by atoms with van der Waals surface area (Å²) in [6.45, 7) is 10.2. The normalized spacial score (nSPS) is 21.8. The van der Waals surface area contributed by atoms with Crippen LogP contribution in [0.3, 0.4) is 0 Å². The molecule has 2 atom stereocenters. The third-order valence-electron chi connectivity index (χ3n) is 4.15. The zero-order valence-corrected chi connectivity index (χ0v) is 12.7. The maximum Gasteiger partial charge on any atom is 0.130 e. The van der Waals surface area contributed by atoms with Crippen molar-refractivity contribution >= 4 is 5.82 Å². The molecule has 0 unspecified atom stereocenters. The van der Waals surface area contributed by atoms with E-state index in [0.29, 0.717) is 18.1 Å². The molecule has 3 nitrogen and oxygen atoms in total. The highest BCUT2D eigenvalue weighted by Gasteiger charge is 2.29. The highest BCUT2D eigenvalue weighted by Crippen LogP contribution is 2.36. The molecule has 0 spiro atoms. The van der Waals surface area contributed by atoms with Gasteiger partial charge in [0.25, 0.3) is 0 Å². The molecular formula is C16H27N3. The van der Waals surface area contributed by atoms with Crippen LogP contribution in [0.15, 0.2) is 18.3 Å². The second kappa shape index (κ2) is 6.38. The van der Waals surface area contributed by atoms with Crippen LogP contribution in [-0.2, 0) is 0 Å². The van der Waals surface area contributed by atoms with Gasteiger partial charge in [-0.1, -0.05) is 13.0 Å². The van der Waals surface area contributed by atoms with Crippen molar-refractivity contribution in [3.05, 3.63) is 23.9 Å². The van der Waals surface area contributed by atoms with Crippen LogP contribution < -0.4 is 5.32 Å². The van der Waals surface area contributed by atoms with Gasteiger partial charge in [-0.25, -0.2) is 4.98 Å². The van der Waals surface area contributed by atoms with E-state index < -0.39 is 0 Å². The summed E-state index contributed by atoms with van der Waals surface area (Å²) >= 11 is 0. The van der Waals surface area contributed by atoms with E-state index >= 15 is 0 Å². The smallest absolute Gasteiger partial charge is 0.130 e. The molecule has 0 amide bonds. The summed E-state index contributed by atoms with van der Waals surface area (Å²) in [7, 11) is 0. The number of hydrogen-bond acceptors (Lipinski definition) is 3. The van der Waals surface area contributed by atoms with Crippen LogP contribution in [0.4, 0.5) is 5.82 Å². The molecule has 0 aliphatic carbocycles. The topological polar surface area (TPSA) is 28.2 Å². The Labute approximate surface area is 117 Å². The van der Waals surface area contributed by atoms with Crippen LogP contribution in [0.5, 0.6) is 0 Å². The third kappa shape index (κ3) is 3.27. The summed E-state index contributed by atoms with van der Waals surface area (Å²) in [5.41, 5.74) is 1.37. The van der Waals surface area contributed by atoms with Crippen molar-refractivity contribution in [2.24, 2.45) is 0 Å². The SMILES string of the molecule is CC[C@@H](C)Nc1ncccc1[C@@H]1CCCN1C(C)C. The number of likely N-dealkylation sites (tertiary alicyclic amines) is 1. The molecule has 0 radical (unpaired) electrons. The lowest BCUT2D eigenvalue weighted by Crippen LogP contribution is -2.31. The van der Waals surface area contributed by atoms with Crippen LogP contribution in [0.25, 0.3) is 0 Å². The average Bonchev–Trinajstić information content (AvgIpc) is 2.88. The van der Waals surface area contributed by atoms with Crippen LogP contribution in [0.1, 0.15) is 58.6 Å². The minimum atomic E-state index is 0.475. The first-order chi connectivity index (χ1) is 9.13. The van der Waals surface area contributed by atoms with Gasteiger partial charge < -0.3 is 5.32 Å². The lowest BCUT2D eigenvalue weighted by molar-refractivity contribution is 0.205. The second-order valence-electron chi connectivity index (χ2n) is 5.88. The highest BCUT2D eigenvalue weighted by atomic mass is 15.2. The van der Waals surface area contributed by atoms with E-state index in [0.717, 1.165) is 12.2 Å². The van der Waals surface area contributed by atoms with E-state index in [9.17, 15) is 0 Å². The molecule has 1 aromatic rings. The van der Waals surface area contributed by atoms with E-state index in [4.69, 9.17) is 0 Å². The molecule has 1 aromatic heterocycles. The van der Waals surface area contributed by atoms with Crippen molar-refractivity contribution < 1.29 is 0 Å². The minimum Gasteiger partial charge on any atom is -0.367 e. The van der Waals surface area contributed by atoms with E-state index in [1.165, 1.54) is 24.9 Å². The van der Waals surface area contributed by atoms with Gasteiger partial charge in [0.1, 0.15) is 5.82 Å². The van der Waals surface area contributed by atoms with Crippen molar-refractivity contribution in [1.29, 1.82) is 0 Å². The molecule has 106 valence electrons. The van der Waals surface area contributed by atoms with Gasteiger partial charge in [0, 0.05) is 29.9 Å². The Morgan fingerprint density at radius 1 is 1.42 bits per heavy atom. The van der Waals surface area contributed by atoms with Crippen molar-refractivity contribution in [2.45, 2.75) is 65.1 Å². The Morgan fingerprint density at radius 3 is 2.89 bits per heavy atom. The predicted molar refractivity (Wildman–Crippen MR) is 81.4 cm³/mol. The van der Waals surface area contributed by atoms with Gasteiger partial charge in [-0.05, 0) is 52.6 Å². The molecule has 2 heterocycles. The van der Waals surface area contributed by atoms with Crippen molar-refractivity contribution in [3.63, 3.8) is 0 Å². The monoisotopic (exact) mass is 261 g/mol. The maximum atomic E-state index is 4.57. The first-order valence-corrected chi connectivity index (χ1v) is 7.60.